The molecule has 0 saturated heterocycles. The molecule has 2 unspecified atom stereocenters. The van der Waals surface area contributed by atoms with Crippen LogP contribution in [0.4, 0.5) is 11.4 Å². The van der Waals surface area contributed by atoms with E-state index in [-0.39, 0.29) is 12.0 Å². The summed E-state index contributed by atoms with van der Waals surface area (Å²) in [5.74, 6) is 2.65. The van der Waals surface area contributed by atoms with E-state index in [1.165, 1.54) is 22.5 Å². The van der Waals surface area contributed by atoms with Crippen LogP contribution in [0.3, 0.4) is 0 Å². The molecule has 10 aromatic rings. The van der Waals surface area contributed by atoms with Gasteiger partial charge in [0.25, 0.3) is 0 Å². The molecule has 1 aliphatic heterocycles. The van der Waals surface area contributed by atoms with Gasteiger partial charge in [-0.2, -0.15) is 9.97 Å². The largest absolute Gasteiger partial charge is 0.456 e. The first-order valence-electron chi connectivity index (χ1n) is 19.4. The Morgan fingerprint density at radius 2 is 1.14 bits per heavy atom. The topological polar surface area (TPSA) is 60.0 Å². The second-order valence-corrected chi connectivity index (χ2v) is 14.8. The molecule has 2 atom stereocenters. The first-order valence-corrected chi connectivity index (χ1v) is 19.4. The van der Waals surface area contributed by atoms with Gasteiger partial charge in [-0.1, -0.05) is 140 Å². The number of furan rings is 1. The predicted molar refractivity (Wildman–Crippen MR) is 230 cm³/mol. The molecule has 0 saturated carbocycles. The van der Waals surface area contributed by atoms with E-state index in [0.717, 1.165) is 60.8 Å². The lowest BCUT2D eigenvalue weighted by molar-refractivity contribution is 0.584. The Balaban J connectivity index is 1.08. The van der Waals surface area contributed by atoms with Crippen molar-refractivity contribution in [2.24, 2.45) is 0 Å². The third-order valence-corrected chi connectivity index (χ3v) is 11.6. The van der Waals surface area contributed by atoms with Crippen LogP contribution in [0.1, 0.15) is 22.8 Å². The smallest absolute Gasteiger partial charge is 0.238 e. The molecule has 1 aliphatic carbocycles. The van der Waals surface area contributed by atoms with Gasteiger partial charge in [-0.25, -0.2) is 4.98 Å². The summed E-state index contributed by atoms with van der Waals surface area (Å²) in [4.78, 5) is 18.3. The third-order valence-electron chi connectivity index (χ3n) is 11.6. The predicted octanol–water partition coefficient (Wildman–Crippen LogP) is 12.4. The van der Waals surface area contributed by atoms with Crippen molar-refractivity contribution in [2.45, 2.75) is 12.0 Å². The molecule has 0 radical (unpaired) electrons. The Bertz CT molecular complexity index is 3160. The normalized spacial score (nSPS) is 15.6. The summed E-state index contributed by atoms with van der Waals surface area (Å²) in [7, 11) is 0. The van der Waals surface area contributed by atoms with Gasteiger partial charge in [0.1, 0.15) is 11.3 Å². The van der Waals surface area contributed by atoms with E-state index in [4.69, 9.17) is 19.4 Å². The Labute approximate surface area is 328 Å². The van der Waals surface area contributed by atoms with Crippen molar-refractivity contribution in [3.05, 3.63) is 199 Å². The van der Waals surface area contributed by atoms with E-state index >= 15 is 0 Å². The molecule has 2 aliphatic rings. The van der Waals surface area contributed by atoms with Crippen LogP contribution in [0.25, 0.3) is 78.7 Å². The molecule has 0 amide bonds. The van der Waals surface area contributed by atoms with Crippen LogP contribution in [0.5, 0.6) is 0 Å². The number of hydrogen-bond acceptors (Lipinski definition) is 5. The van der Waals surface area contributed by atoms with Crippen LogP contribution in [0, 0.1) is 0 Å². The van der Waals surface area contributed by atoms with Gasteiger partial charge < -0.3 is 9.32 Å². The number of rotatable bonds is 5. The van der Waals surface area contributed by atoms with E-state index in [0.29, 0.717) is 17.6 Å². The van der Waals surface area contributed by atoms with Crippen LogP contribution in [0.2, 0.25) is 0 Å². The third kappa shape index (κ3) is 4.87. The standard InChI is InChI=1S/C51H33N5O/c1-3-15-32(16-4-1)33-17-13-18-34(31-33)49-52-50(54-51(53-49)56-41-26-10-7-21-36(41)37-22-8-11-27-42(37)56)40-25-14-24-39-47-45(57-48(39)40)30-29-44-46(47)38-23-9-12-28-43(38)55(44)35-19-5-2-6-20-35/h1-31,44,46H. The number of fused-ring (bicyclic) bond motifs is 10. The molecule has 268 valence electrons. The maximum atomic E-state index is 6.92. The maximum Gasteiger partial charge on any atom is 0.238 e. The summed E-state index contributed by atoms with van der Waals surface area (Å²) in [6.45, 7) is 0. The number of hydrogen-bond donors (Lipinski definition) is 0. The fraction of sp³-hybridized carbons (Fsp3) is 0.0392. The first-order chi connectivity index (χ1) is 28.3. The van der Waals surface area contributed by atoms with Gasteiger partial charge in [0.05, 0.1) is 22.6 Å². The molecule has 12 rings (SSSR count). The van der Waals surface area contributed by atoms with Crippen molar-refractivity contribution in [2.75, 3.05) is 4.90 Å². The molecule has 0 spiro atoms. The monoisotopic (exact) mass is 731 g/mol. The summed E-state index contributed by atoms with van der Waals surface area (Å²) in [6.07, 6.45) is 4.45. The summed E-state index contributed by atoms with van der Waals surface area (Å²) in [5, 5.41) is 3.36. The number of benzene rings is 7. The maximum absolute atomic E-state index is 6.92. The molecule has 6 nitrogen and oxygen atoms in total. The van der Waals surface area contributed by atoms with Crippen molar-refractivity contribution < 1.29 is 4.42 Å². The highest BCUT2D eigenvalue weighted by Crippen LogP contribution is 2.54. The van der Waals surface area contributed by atoms with Crippen LogP contribution in [-0.2, 0) is 0 Å². The van der Waals surface area contributed by atoms with Crippen molar-refractivity contribution in [3.63, 3.8) is 0 Å². The molecule has 7 aromatic carbocycles. The lowest BCUT2D eigenvalue weighted by Gasteiger charge is -2.30. The quantitative estimate of drug-likeness (QED) is 0.176. The fourth-order valence-electron chi connectivity index (χ4n) is 9.17. The Morgan fingerprint density at radius 3 is 1.95 bits per heavy atom. The zero-order valence-corrected chi connectivity index (χ0v) is 30.7. The molecule has 0 fully saturated rings. The Morgan fingerprint density at radius 1 is 0.509 bits per heavy atom. The number of anilines is 2. The molecule has 57 heavy (non-hydrogen) atoms. The lowest BCUT2D eigenvalue weighted by atomic mass is 9.82. The Hall–Kier alpha value is -7.57. The van der Waals surface area contributed by atoms with Crippen molar-refractivity contribution >= 4 is 50.2 Å². The zero-order chi connectivity index (χ0) is 37.5. The molecular formula is C51H33N5O. The summed E-state index contributed by atoms with van der Waals surface area (Å²) < 4.78 is 9.08. The summed E-state index contributed by atoms with van der Waals surface area (Å²) in [5.41, 5.74) is 11.7. The minimum Gasteiger partial charge on any atom is -0.456 e. The molecule has 6 heteroatoms. The van der Waals surface area contributed by atoms with Crippen LogP contribution in [-0.4, -0.2) is 25.6 Å². The SMILES string of the molecule is C1=CC2C(c3ccccc3N2c2ccccc2)c2c1oc1c(-c3nc(-c4cccc(-c5ccccc5)c4)nc(-n4c5ccccc5c5ccccc54)n3)cccc21. The summed E-state index contributed by atoms with van der Waals surface area (Å²) >= 11 is 0. The molecule has 3 aromatic heterocycles. The zero-order valence-electron chi connectivity index (χ0n) is 30.7. The van der Waals surface area contributed by atoms with Crippen LogP contribution in [0.15, 0.2) is 186 Å². The average molecular weight is 732 g/mol. The average Bonchev–Trinajstić information content (AvgIpc) is 3.95. The van der Waals surface area contributed by atoms with Crippen molar-refractivity contribution in [3.8, 4) is 39.9 Å². The highest BCUT2D eigenvalue weighted by atomic mass is 16.3. The van der Waals surface area contributed by atoms with E-state index in [1.54, 1.807) is 0 Å². The number of nitrogens with zero attached hydrogens (tertiary/aromatic N) is 5. The van der Waals surface area contributed by atoms with Gasteiger partial charge in [0, 0.05) is 44.6 Å². The molecule has 0 bridgehead atoms. The first kappa shape index (κ1) is 31.7. The highest BCUT2D eigenvalue weighted by molar-refractivity contribution is 6.09. The van der Waals surface area contributed by atoms with Gasteiger partial charge in [0.15, 0.2) is 11.6 Å². The minimum atomic E-state index is 0.0840. The Kier molecular flexibility index (Phi) is 6.95. The van der Waals surface area contributed by atoms with Gasteiger partial charge in [-0.3, -0.25) is 4.57 Å². The number of para-hydroxylation sites is 5. The van der Waals surface area contributed by atoms with Crippen LogP contribution >= 0.6 is 0 Å². The second kappa shape index (κ2) is 12.5. The summed E-state index contributed by atoms with van der Waals surface area (Å²) in [6, 6.07) is 61.7. The van der Waals surface area contributed by atoms with Crippen molar-refractivity contribution in [1.29, 1.82) is 0 Å². The van der Waals surface area contributed by atoms with Gasteiger partial charge in [-0.15, -0.1) is 0 Å². The van der Waals surface area contributed by atoms with Crippen LogP contribution < -0.4 is 4.90 Å². The van der Waals surface area contributed by atoms with E-state index in [2.05, 4.69) is 191 Å². The molecule has 4 heterocycles. The number of aromatic nitrogens is 4. The van der Waals surface area contributed by atoms with E-state index in [1.807, 2.05) is 6.07 Å². The molecule has 0 N–H and O–H groups in total. The molecular weight excluding hydrogens is 699 g/mol. The minimum absolute atomic E-state index is 0.0840. The van der Waals surface area contributed by atoms with Gasteiger partial charge >= 0.3 is 0 Å². The lowest BCUT2D eigenvalue weighted by Crippen LogP contribution is -2.30. The second-order valence-electron chi connectivity index (χ2n) is 14.8. The highest BCUT2D eigenvalue weighted by Gasteiger charge is 2.43. The van der Waals surface area contributed by atoms with Gasteiger partial charge in [-0.05, 0) is 65.2 Å². The van der Waals surface area contributed by atoms with Gasteiger partial charge in [0.2, 0.25) is 5.95 Å². The van der Waals surface area contributed by atoms with E-state index < -0.39 is 0 Å². The fourth-order valence-corrected chi connectivity index (χ4v) is 9.17. The van der Waals surface area contributed by atoms with Crippen molar-refractivity contribution in [1.82, 2.24) is 19.5 Å². The van der Waals surface area contributed by atoms with E-state index in [9.17, 15) is 0 Å².